The molecule has 0 fully saturated rings. The Morgan fingerprint density at radius 1 is 1.50 bits per heavy atom. The zero-order valence-corrected chi connectivity index (χ0v) is 8.67. The zero-order chi connectivity index (χ0) is 10.6. The normalized spacial score (nSPS) is 9.64. The molecule has 0 radical (unpaired) electrons. The van der Waals surface area contributed by atoms with Crippen LogP contribution >= 0.6 is 11.6 Å². The van der Waals surface area contributed by atoms with E-state index >= 15 is 0 Å². The van der Waals surface area contributed by atoms with Gasteiger partial charge in [0.1, 0.15) is 5.15 Å². The number of hydrogen-bond acceptors (Lipinski definition) is 4. The van der Waals surface area contributed by atoms with E-state index in [1.54, 1.807) is 12.1 Å². The molecule has 0 bridgehead atoms. The summed E-state index contributed by atoms with van der Waals surface area (Å²) in [5, 5.41) is 0.329. The maximum absolute atomic E-state index is 11.0. The number of nitrogens with zero attached hydrogens (tertiary/aromatic N) is 1. The van der Waals surface area contributed by atoms with Gasteiger partial charge >= 0.3 is 5.97 Å². The average Bonchev–Trinajstić information content (AvgIpc) is 2.20. The van der Waals surface area contributed by atoms with Crippen LogP contribution in [0.3, 0.4) is 0 Å². The Hall–Kier alpha value is -1.29. The molecular weight excluding hydrogens is 206 g/mol. The summed E-state index contributed by atoms with van der Waals surface area (Å²) in [6, 6.07) is 3.29. The first-order chi connectivity index (χ1) is 6.67. The number of pyridine rings is 1. The molecule has 1 aromatic rings. The Morgan fingerprint density at radius 2 is 2.21 bits per heavy atom. The van der Waals surface area contributed by atoms with Gasteiger partial charge < -0.3 is 9.47 Å². The van der Waals surface area contributed by atoms with E-state index in [1.165, 1.54) is 14.2 Å². The minimum atomic E-state index is -0.340. The lowest BCUT2D eigenvalue weighted by molar-refractivity contribution is -0.139. The molecule has 0 aliphatic rings. The fourth-order valence-corrected chi connectivity index (χ4v) is 1.13. The van der Waals surface area contributed by atoms with Crippen molar-refractivity contribution in [1.82, 2.24) is 4.98 Å². The van der Waals surface area contributed by atoms with Gasteiger partial charge in [-0.2, -0.15) is 0 Å². The fraction of sp³-hybridized carbons (Fsp3) is 0.333. The SMILES string of the molecule is COC(=O)Cc1ccc(Cl)nc1OC. The molecule has 0 saturated heterocycles. The molecule has 14 heavy (non-hydrogen) atoms. The second-order valence-corrected chi connectivity index (χ2v) is 2.94. The highest BCUT2D eigenvalue weighted by atomic mass is 35.5. The van der Waals surface area contributed by atoms with E-state index in [1.807, 2.05) is 0 Å². The van der Waals surface area contributed by atoms with E-state index in [2.05, 4.69) is 9.72 Å². The second-order valence-electron chi connectivity index (χ2n) is 2.56. The third kappa shape index (κ3) is 2.60. The van der Waals surface area contributed by atoms with Gasteiger partial charge in [-0.25, -0.2) is 4.98 Å². The summed E-state index contributed by atoms with van der Waals surface area (Å²) in [6.45, 7) is 0. The first kappa shape index (κ1) is 10.8. The summed E-state index contributed by atoms with van der Waals surface area (Å²) in [7, 11) is 2.80. The Balaban J connectivity index is 2.90. The maximum Gasteiger partial charge on any atom is 0.310 e. The van der Waals surface area contributed by atoms with Crippen LogP contribution < -0.4 is 4.74 Å². The van der Waals surface area contributed by atoms with Crippen LogP contribution in [-0.4, -0.2) is 25.2 Å². The summed E-state index contributed by atoms with van der Waals surface area (Å²) in [5.41, 5.74) is 0.656. The van der Waals surface area contributed by atoms with Crippen LogP contribution in [0, 0.1) is 0 Å². The number of aromatic nitrogens is 1. The number of halogens is 1. The highest BCUT2D eigenvalue weighted by Gasteiger charge is 2.10. The molecule has 0 spiro atoms. The maximum atomic E-state index is 11.0. The van der Waals surface area contributed by atoms with E-state index in [0.717, 1.165) is 0 Å². The molecule has 4 nitrogen and oxygen atoms in total. The molecule has 0 unspecified atom stereocenters. The molecule has 0 N–H and O–H groups in total. The summed E-state index contributed by atoms with van der Waals surface area (Å²) < 4.78 is 9.50. The van der Waals surface area contributed by atoms with Gasteiger partial charge in [-0.15, -0.1) is 0 Å². The van der Waals surface area contributed by atoms with Crippen molar-refractivity contribution in [3.05, 3.63) is 22.8 Å². The standard InChI is InChI=1S/C9H10ClNO3/c1-13-8(12)5-6-3-4-7(10)11-9(6)14-2/h3-4H,5H2,1-2H3. The molecule has 1 aromatic heterocycles. The van der Waals surface area contributed by atoms with Crippen LogP contribution in [0.1, 0.15) is 5.56 Å². The molecule has 0 atom stereocenters. The molecule has 0 aromatic carbocycles. The molecule has 1 rings (SSSR count). The van der Waals surface area contributed by atoms with Crippen molar-refractivity contribution in [1.29, 1.82) is 0 Å². The molecule has 5 heteroatoms. The van der Waals surface area contributed by atoms with Crippen LogP contribution in [0.2, 0.25) is 5.15 Å². The number of methoxy groups -OCH3 is 2. The number of rotatable bonds is 3. The minimum absolute atomic E-state index is 0.129. The van der Waals surface area contributed by atoms with Crippen LogP contribution in [0.5, 0.6) is 5.88 Å². The van der Waals surface area contributed by atoms with Crippen LogP contribution in [-0.2, 0) is 16.0 Å². The van der Waals surface area contributed by atoms with Gasteiger partial charge in [-0.1, -0.05) is 17.7 Å². The molecular formula is C9H10ClNO3. The van der Waals surface area contributed by atoms with Crippen molar-refractivity contribution in [2.75, 3.05) is 14.2 Å². The van der Waals surface area contributed by atoms with Gasteiger partial charge in [0.05, 0.1) is 20.6 Å². The predicted molar refractivity (Wildman–Crippen MR) is 51.5 cm³/mol. The topological polar surface area (TPSA) is 48.4 Å². The Bertz CT molecular complexity index is 341. The minimum Gasteiger partial charge on any atom is -0.481 e. The van der Waals surface area contributed by atoms with E-state index in [0.29, 0.717) is 16.6 Å². The fourth-order valence-electron chi connectivity index (χ4n) is 0.986. The number of esters is 1. The smallest absolute Gasteiger partial charge is 0.310 e. The molecule has 76 valence electrons. The number of hydrogen-bond donors (Lipinski definition) is 0. The van der Waals surface area contributed by atoms with Crippen LogP contribution in [0.15, 0.2) is 12.1 Å². The van der Waals surface area contributed by atoms with Crippen molar-refractivity contribution in [3.63, 3.8) is 0 Å². The molecule has 0 amide bonds. The monoisotopic (exact) mass is 215 g/mol. The van der Waals surface area contributed by atoms with Gasteiger partial charge in [0.2, 0.25) is 5.88 Å². The predicted octanol–water partition coefficient (Wildman–Crippen LogP) is 1.46. The Morgan fingerprint density at radius 3 is 2.79 bits per heavy atom. The average molecular weight is 216 g/mol. The van der Waals surface area contributed by atoms with Gasteiger partial charge in [0.15, 0.2) is 0 Å². The van der Waals surface area contributed by atoms with Crippen molar-refractivity contribution in [2.24, 2.45) is 0 Å². The lowest BCUT2D eigenvalue weighted by Crippen LogP contribution is -2.06. The van der Waals surface area contributed by atoms with E-state index in [9.17, 15) is 4.79 Å². The second kappa shape index (κ2) is 4.81. The third-order valence-corrected chi connectivity index (χ3v) is 1.87. The number of carbonyl (C=O) groups excluding carboxylic acids is 1. The van der Waals surface area contributed by atoms with E-state index in [-0.39, 0.29) is 12.4 Å². The summed E-state index contributed by atoms with van der Waals surface area (Å²) >= 11 is 5.66. The van der Waals surface area contributed by atoms with Crippen LogP contribution in [0.4, 0.5) is 0 Å². The van der Waals surface area contributed by atoms with Crippen LogP contribution in [0.25, 0.3) is 0 Å². The number of carbonyl (C=O) groups is 1. The first-order valence-electron chi connectivity index (χ1n) is 3.93. The highest BCUT2D eigenvalue weighted by Crippen LogP contribution is 2.19. The quantitative estimate of drug-likeness (QED) is 0.566. The van der Waals surface area contributed by atoms with Crippen molar-refractivity contribution in [3.8, 4) is 5.88 Å². The van der Waals surface area contributed by atoms with Crippen molar-refractivity contribution < 1.29 is 14.3 Å². The Labute approximate surface area is 86.8 Å². The summed E-state index contributed by atoms with van der Waals surface area (Å²) in [4.78, 5) is 14.9. The number of ether oxygens (including phenoxy) is 2. The van der Waals surface area contributed by atoms with E-state index in [4.69, 9.17) is 16.3 Å². The molecule has 1 heterocycles. The van der Waals surface area contributed by atoms with Crippen molar-refractivity contribution in [2.45, 2.75) is 6.42 Å². The molecule has 0 aliphatic heterocycles. The lowest BCUT2D eigenvalue weighted by Gasteiger charge is -2.05. The van der Waals surface area contributed by atoms with Gasteiger partial charge in [-0.3, -0.25) is 4.79 Å². The van der Waals surface area contributed by atoms with Gasteiger partial charge in [-0.05, 0) is 6.07 Å². The molecule has 0 aliphatic carbocycles. The van der Waals surface area contributed by atoms with Gasteiger partial charge in [0, 0.05) is 5.56 Å². The van der Waals surface area contributed by atoms with Crippen molar-refractivity contribution >= 4 is 17.6 Å². The molecule has 0 saturated carbocycles. The van der Waals surface area contributed by atoms with E-state index < -0.39 is 0 Å². The largest absolute Gasteiger partial charge is 0.481 e. The third-order valence-electron chi connectivity index (χ3n) is 1.66. The zero-order valence-electron chi connectivity index (χ0n) is 7.91. The lowest BCUT2D eigenvalue weighted by atomic mass is 10.2. The highest BCUT2D eigenvalue weighted by molar-refractivity contribution is 6.29. The Kier molecular flexibility index (Phi) is 3.71. The summed E-state index contributed by atoms with van der Waals surface area (Å²) in [6.07, 6.45) is 0.129. The first-order valence-corrected chi connectivity index (χ1v) is 4.31. The summed E-state index contributed by atoms with van der Waals surface area (Å²) in [5.74, 6) is 0.00956. The van der Waals surface area contributed by atoms with Gasteiger partial charge in [0.25, 0.3) is 0 Å².